The molecule has 0 spiro atoms. The van der Waals surface area contributed by atoms with Gasteiger partial charge in [-0.05, 0) is 43.7 Å². The molecule has 0 aliphatic carbocycles. The molecular weight excluding hydrogens is 370 g/mol. The Bertz CT molecular complexity index is 827. The molecule has 27 heavy (non-hydrogen) atoms. The molecule has 0 aliphatic rings. The first-order chi connectivity index (χ1) is 12.9. The molecule has 2 aromatic rings. The number of amides is 3. The quantitative estimate of drug-likeness (QED) is 0.660. The van der Waals surface area contributed by atoms with E-state index in [0.717, 1.165) is 0 Å². The van der Waals surface area contributed by atoms with E-state index in [1.807, 2.05) is 6.07 Å². The van der Waals surface area contributed by atoms with E-state index in [1.54, 1.807) is 49.4 Å². The normalized spacial score (nSPS) is 11.2. The highest BCUT2D eigenvalue weighted by molar-refractivity contribution is 6.31. The van der Waals surface area contributed by atoms with Crippen LogP contribution in [0.3, 0.4) is 0 Å². The first-order valence-corrected chi connectivity index (χ1v) is 8.59. The van der Waals surface area contributed by atoms with Gasteiger partial charge in [0.2, 0.25) is 0 Å². The van der Waals surface area contributed by atoms with Gasteiger partial charge in [0, 0.05) is 16.4 Å². The smallest absolute Gasteiger partial charge is 0.328 e. The molecule has 3 N–H and O–H groups in total. The van der Waals surface area contributed by atoms with Crippen LogP contribution in [-0.4, -0.2) is 30.6 Å². The van der Waals surface area contributed by atoms with Gasteiger partial charge in [-0.2, -0.15) is 0 Å². The number of hydrogen-bond acceptors (Lipinski definition) is 4. The summed E-state index contributed by atoms with van der Waals surface area (Å²) in [6, 6.07) is 12.4. The Morgan fingerprint density at radius 1 is 1.04 bits per heavy atom. The molecule has 0 fully saturated rings. The van der Waals surface area contributed by atoms with Crippen molar-refractivity contribution in [3.8, 4) is 0 Å². The molecular formula is C19H20ClN3O4. The largest absolute Gasteiger partial charge is 0.454 e. The lowest BCUT2D eigenvalue weighted by Gasteiger charge is -2.14. The molecule has 0 bridgehead atoms. The van der Waals surface area contributed by atoms with Crippen molar-refractivity contribution in [2.45, 2.75) is 19.9 Å². The minimum atomic E-state index is -0.922. The summed E-state index contributed by atoms with van der Waals surface area (Å²) in [5, 5.41) is 8.17. The Morgan fingerprint density at radius 3 is 2.44 bits per heavy atom. The zero-order valence-corrected chi connectivity index (χ0v) is 15.7. The van der Waals surface area contributed by atoms with E-state index in [-0.39, 0.29) is 0 Å². The van der Waals surface area contributed by atoms with Crippen molar-refractivity contribution >= 4 is 40.9 Å². The molecule has 142 valence electrons. The Morgan fingerprint density at radius 2 is 1.74 bits per heavy atom. The maximum absolute atomic E-state index is 11.9. The number of nitrogens with one attached hydrogen (secondary N) is 3. The van der Waals surface area contributed by atoms with Crippen LogP contribution in [0.15, 0.2) is 48.5 Å². The summed E-state index contributed by atoms with van der Waals surface area (Å²) in [6.07, 6.45) is 0. The van der Waals surface area contributed by atoms with Crippen molar-refractivity contribution in [2.24, 2.45) is 0 Å². The van der Waals surface area contributed by atoms with Gasteiger partial charge < -0.3 is 20.7 Å². The molecule has 0 heterocycles. The van der Waals surface area contributed by atoms with Gasteiger partial charge in [-0.15, -0.1) is 0 Å². The lowest BCUT2D eigenvalue weighted by atomic mass is 10.2. The topological polar surface area (TPSA) is 96.5 Å². The van der Waals surface area contributed by atoms with E-state index < -0.39 is 30.6 Å². The summed E-state index contributed by atoms with van der Waals surface area (Å²) >= 11 is 5.99. The second-order valence-electron chi connectivity index (χ2n) is 5.75. The third-order valence-electron chi connectivity index (χ3n) is 3.62. The summed E-state index contributed by atoms with van der Waals surface area (Å²) in [6.45, 7) is 2.75. The van der Waals surface area contributed by atoms with Gasteiger partial charge in [0.1, 0.15) is 6.04 Å². The minimum Gasteiger partial charge on any atom is -0.454 e. The molecule has 0 unspecified atom stereocenters. The number of rotatable bonds is 6. The lowest BCUT2D eigenvalue weighted by molar-refractivity contribution is -0.148. The second-order valence-corrected chi connectivity index (χ2v) is 6.16. The van der Waals surface area contributed by atoms with Gasteiger partial charge in [0.15, 0.2) is 6.61 Å². The standard InChI is InChI=1S/C19H20ClN3O4/c1-12-15(20)9-6-10-16(12)23-17(24)11-27-18(25)13(2)21-19(26)22-14-7-4-3-5-8-14/h3-10,13H,11H2,1-2H3,(H,23,24)(H2,21,22,26)/t13-/m0/s1. The van der Waals surface area contributed by atoms with Crippen LogP contribution < -0.4 is 16.0 Å². The molecule has 3 amide bonds. The van der Waals surface area contributed by atoms with Crippen LogP contribution in [0.1, 0.15) is 12.5 Å². The Kier molecular flexibility index (Phi) is 7.19. The van der Waals surface area contributed by atoms with E-state index in [9.17, 15) is 14.4 Å². The van der Waals surface area contributed by atoms with Crippen molar-refractivity contribution in [3.63, 3.8) is 0 Å². The zero-order valence-electron chi connectivity index (χ0n) is 14.9. The summed E-state index contributed by atoms with van der Waals surface area (Å²) in [5.74, 6) is -1.23. The van der Waals surface area contributed by atoms with Crippen LogP contribution >= 0.6 is 11.6 Å². The molecule has 0 aliphatic heterocycles. The molecule has 1 atom stereocenters. The van der Waals surface area contributed by atoms with E-state index in [0.29, 0.717) is 22.0 Å². The number of urea groups is 1. The van der Waals surface area contributed by atoms with Crippen molar-refractivity contribution < 1.29 is 19.1 Å². The number of esters is 1. The molecule has 2 aromatic carbocycles. The van der Waals surface area contributed by atoms with Gasteiger partial charge in [0.25, 0.3) is 5.91 Å². The Balaban J connectivity index is 1.77. The average Bonchev–Trinajstić information content (AvgIpc) is 2.64. The molecule has 2 rings (SSSR count). The van der Waals surface area contributed by atoms with Crippen LogP contribution in [0.2, 0.25) is 5.02 Å². The minimum absolute atomic E-state index is 0.475. The fourth-order valence-corrected chi connectivity index (χ4v) is 2.31. The molecule has 0 aromatic heterocycles. The monoisotopic (exact) mass is 389 g/mol. The Hall–Kier alpha value is -3.06. The van der Waals surface area contributed by atoms with E-state index in [1.165, 1.54) is 6.92 Å². The van der Waals surface area contributed by atoms with E-state index in [4.69, 9.17) is 16.3 Å². The number of para-hydroxylation sites is 1. The summed E-state index contributed by atoms with van der Waals surface area (Å²) in [4.78, 5) is 35.7. The fraction of sp³-hybridized carbons (Fsp3) is 0.211. The summed E-state index contributed by atoms with van der Waals surface area (Å²) in [5.41, 5.74) is 1.84. The van der Waals surface area contributed by atoms with Crippen LogP contribution in [-0.2, 0) is 14.3 Å². The van der Waals surface area contributed by atoms with Crippen LogP contribution in [0.4, 0.5) is 16.2 Å². The number of carbonyl (C=O) groups excluding carboxylic acids is 3. The first kappa shape index (κ1) is 20.3. The molecule has 0 saturated heterocycles. The Labute approximate surface area is 162 Å². The van der Waals surface area contributed by atoms with E-state index >= 15 is 0 Å². The lowest BCUT2D eigenvalue weighted by Crippen LogP contribution is -2.42. The van der Waals surface area contributed by atoms with Crippen LogP contribution in [0.25, 0.3) is 0 Å². The number of carbonyl (C=O) groups is 3. The fourth-order valence-electron chi connectivity index (χ4n) is 2.14. The molecule has 7 nitrogen and oxygen atoms in total. The molecule has 0 saturated carbocycles. The van der Waals surface area contributed by atoms with Gasteiger partial charge >= 0.3 is 12.0 Å². The highest BCUT2D eigenvalue weighted by Gasteiger charge is 2.18. The number of ether oxygens (including phenoxy) is 1. The van der Waals surface area contributed by atoms with Gasteiger partial charge in [-0.25, -0.2) is 9.59 Å². The maximum atomic E-state index is 11.9. The maximum Gasteiger partial charge on any atom is 0.328 e. The van der Waals surface area contributed by atoms with Gasteiger partial charge in [0.05, 0.1) is 0 Å². The third-order valence-corrected chi connectivity index (χ3v) is 4.03. The third kappa shape index (κ3) is 6.31. The number of anilines is 2. The van der Waals surface area contributed by atoms with Crippen molar-refractivity contribution in [1.82, 2.24) is 5.32 Å². The molecule has 0 radical (unpaired) electrons. The highest BCUT2D eigenvalue weighted by Crippen LogP contribution is 2.22. The average molecular weight is 390 g/mol. The number of benzene rings is 2. The van der Waals surface area contributed by atoms with Crippen molar-refractivity contribution in [2.75, 3.05) is 17.2 Å². The second kappa shape index (κ2) is 9.59. The predicted molar refractivity (Wildman–Crippen MR) is 104 cm³/mol. The van der Waals surface area contributed by atoms with Crippen molar-refractivity contribution in [3.05, 3.63) is 59.1 Å². The van der Waals surface area contributed by atoms with Crippen molar-refractivity contribution in [1.29, 1.82) is 0 Å². The van der Waals surface area contributed by atoms with Gasteiger partial charge in [-0.1, -0.05) is 35.9 Å². The summed E-state index contributed by atoms with van der Waals surface area (Å²) in [7, 11) is 0. The number of hydrogen-bond donors (Lipinski definition) is 3. The highest BCUT2D eigenvalue weighted by atomic mass is 35.5. The first-order valence-electron chi connectivity index (χ1n) is 8.21. The van der Waals surface area contributed by atoms with Crippen LogP contribution in [0, 0.1) is 6.92 Å². The number of halogens is 1. The predicted octanol–water partition coefficient (Wildman–Crippen LogP) is 3.34. The van der Waals surface area contributed by atoms with Crippen LogP contribution in [0.5, 0.6) is 0 Å². The zero-order chi connectivity index (χ0) is 19.8. The van der Waals surface area contributed by atoms with Gasteiger partial charge in [-0.3, -0.25) is 4.79 Å². The van der Waals surface area contributed by atoms with E-state index in [2.05, 4.69) is 16.0 Å². The molecule has 8 heteroatoms. The SMILES string of the molecule is Cc1c(Cl)cccc1NC(=O)COC(=O)[C@H](C)NC(=O)Nc1ccccc1. The summed E-state index contributed by atoms with van der Waals surface area (Å²) < 4.78 is 4.93.